The first kappa shape index (κ1) is 80.2. The monoisotopic (exact) mass is 1810 g/mol. The molecule has 0 bridgehead atoms. The van der Waals surface area contributed by atoms with E-state index in [2.05, 4.69) is 430 Å². The van der Waals surface area contributed by atoms with E-state index >= 15 is 0 Å². The van der Waals surface area contributed by atoms with Crippen LogP contribution in [0.25, 0.3) is 265 Å². The molecule has 138 heavy (non-hydrogen) atoms. The highest BCUT2D eigenvalue weighted by atomic mass is 32.1. The van der Waals surface area contributed by atoms with Crippen LogP contribution in [0.2, 0.25) is 0 Å². The first-order valence-corrected chi connectivity index (χ1v) is 48.9. The summed E-state index contributed by atoms with van der Waals surface area (Å²) in [7, 11) is 0. The second-order valence-electron chi connectivity index (χ2n) is 35.0. The van der Waals surface area contributed by atoms with Crippen molar-refractivity contribution < 1.29 is 0 Å². The number of thiophene rings is 3. The minimum Gasteiger partial charge on any atom is -0.308 e. The Labute approximate surface area is 804 Å². The molecule has 29 aromatic rings. The van der Waals surface area contributed by atoms with Gasteiger partial charge < -0.3 is 13.7 Å². The number of para-hydroxylation sites is 3. The molecule has 0 aliphatic rings. The Kier molecular flexibility index (Phi) is 19.3. The van der Waals surface area contributed by atoms with Gasteiger partial charge in [-0.3, -0.25) is 9.97 Å². The molecule has 11 heterocycles. The lowest BCUT2D eigenvalue weighted by Gasteiger charge is -2.14. The van der Waals surface area contributed by atoms with Gasteiger partial charge in [0.1, 0.15) is 0 Å². The highest BCUT2D eigenvalue weighted by Crippen LogP contribution is 2.53. The first-order valence-electron chi connectivity index (χ1n) is 46.4. The van der Waals surface area contributed by atoms with E-state index in [-0.39, 0.29) is 0 Å². The first-order chi connectivity index (χ1) is 68.5. The molecule has 0 spiro atoms. The molecule has 0 aliphatic carbocycles. The second kappa shape index (κ2) is 33.3. The van der Waals surface area contributed by atoms with Crippen molar-refractivity contribution in [3.8, 4) is 107 Å². The molecule has 0 saturated carbocycles. The molecule has 12 heteroatoms. The van der Waals surface area contributed by atoms with Gasteiger partial charge in [0, 0.05) is 154 Å². The lowest BCUT2D eigenvalue weighted by molar-refractivity contribution is 1.16. The summed E-state index contributed by atoms with van der Waals surface area (Å²) in [5.41, 5.74) is 25.8. The van der Waals surface area contributed by atoms with Crippen LogP contribution in [0.4, 0.5) is 0 Å². The molecule has 0 aliphatic heterocycles. The average molecular weight is 1810 g/mol. The van der Waals surface area contributed by atoms with E-state index in [9.17, 15) is 0 Å². The minimum absolute atomic E-state index is 0.710. The van der Waals surface area contributed by atoms with Crippen LogP contribution in [-0.4, -0.2) is 43.6 Å². The molecule has 9 nitrogen and oxygen atoms in total. The SMILES string of the molecule is c1ccc(-c2cc(-c3ccc(-n4c5ccccc5c5c6ccccc6c6c7ccccc7sc6c54)cc3)cc(-c3ccccc3)n2)cc1.c1ccc(-c2cc(-c3ccccc3)nc(-c3ccc(-n4c5ccccc5c5c6ccccc6c6c7ccccc7sc6c54)cc3)n2)cc1.c1cncc(-c2cc(-n3c4ccccc4c4c5ccccc5c5c6ccccc6sc5c43)cc(-c3cccnc3)n2)c1. The standard InChI is InChI=1S/C45H28N2S.C44H27N3S.C37H22N4S/c1-3-13-30(14-4-1)38-27-32(28-39(46-38)31-15-5-2-6-16-31)29-23-25-33(26-24-29)47-40-21-11-9-19-36(40)42-34-17-7-8-18-35(34)43-37-20-10-12-22-41(37)48-45(43)44(42)47;1-3-13-28(14-4-1)36-27-37(29-15-5-2-6-16-29)46-44(45-36)30-23-25-31(26-24-30)47-38-21-11-9-19-34(38)40-32-17-7-8-18-33(32)41-35-20-10-12-22-39(35)48-43(41)42(40)47;1-2-12-27-26(11-1)34-28-13-3-5-15-32(28)41(36(34)37-35(27)29-14-4-6-16-33(29)42-37)25-19-30(23-9-7-17-38-21-23)40-31(20-25)24-10-8-18-39-22-24/h1-28H;1-27H;1-22H. The molecule has 29 rings (SSSR count). The Hall–Kier alpha value is -17.5. The van der Waals surface area contributed by atoms with Gasteiger partial charge in [-0.1, -0.05) is 315 Å². The zero-order valence-electron chi connectivity index (χ0n) is 74.2. The molecule has 0 atom stereocenters. The number of hydrogen-bond acceptors (Lipinski definition) is 9. The number of hydrogen-bond donors (Lipinski definition) is 0. The van der Waals surface area contributed by atoms with Gasteiger partial charge in [0.25, 0.3) is 0 Å². The summed E-state index contributed by atoms with van der Waals surface area (Å²) in [6, 6.07) is 158. The molecule has 0 fully saturated rings. The number of benzene rings is 18. The van der Waals surface area contributed by atoms with Crippen LogP contribution in [0, 0.1) is 0 Å². The van der Waals surface area contributed by atoms with Crippen molar-refractivity contribution >= 4 is 192 Å². The topological polar surface area (TPSA) is 92.1 Å². The maximum atomic E-state index is 5.10. The van der Waals surface area contributed by atoms with Crippen molar-refractivity contribution in [2.24, 2.45) is 0 Å². The molecule has 0 unspecified atom stereocenters. The Balaban J connectivity index is 0.000000105. The van der Waals surface area contributed by atoms with E-state index in [1.807, 2.05) is 82.8 Å². The average Bonchev–Trinajstić information content (AvgIpc) is 1.55. The summed E-state index contributed by atoms with van der Waals surface area (Å²) in [6.07, 6.45) is 7.35. The quantitative estimate of drug-likeness (QED) is 0.128. The van der Waals surface area contributed by atoms with E-state index in [1.54, 1.807) is 12.4 Å². The van der Waals surface area contributed by atoms with Gasteiger partial charge >= 0.3 is 0 Å². The number of rotatable bonds is 11. The van der Waals surface area contributed by atoms with Crippen molar-refractivity contribution in [3.63, 3.8) is 0 Å². The van der Waals surface area contributed by atoms with E-state index in [4.69, 9.17) is 19.9 Å². The van der Waals surface area contributed by atoms with Gasteiger partial charge in [-0.2, -0.15) is 0 Å². The highest BCUT2D eigenvalue weighted by Gasteiger charge is 2.28. The van der Waals surface area contributed by atoms with Gasteiger partial charge in [0.05, 0.1) is 87.1 Å². The lowest BCUT2D eigenvalue weighted by Crippen LogP contribution is -1.99. The number of aromatic nitrogens is 9. The molecule has 644 valence electrons. The van der Waals surface area contributed by atoms with Gasteiger partial charge in [-0.05, 0) is 171 Å². The van der Waals surface area contributed by atoms with Gasteiger partial charge in [0.2, 0.25) is 0 Å². The molecule has 0 radical (unpaired) electrons. The summed E-state index contributed by atoms with van der Waals surface area (Å²) in [5.74, 6) is 0.710. The van der Waals surface area contributed by atoms with Crippen molar-refractivity contribution in [1.82, 2.24) is 43.6 Å². The lowest BCUT2D eigenvalue weighted by atomic mass is 9.99. The van der Waals surface area contributed by atoms with Crippen LogP contribution < -0.4 is 0 Å². The summed E-state index contributed by atoms with van der Waals surface area (Å²) in [4.78, 5) is 29.1. The predicted molar refractivity (Wildman–Crippen MR) is 584 cm³/mol. The Morgan fingerprint density at radius 3 is 0.775 bits per heavy atom. The Morgan fingerprint density at radius 1 is 0.174 bits per heavy atom. The molecule has 0 saturated heterocycles. The summed E-state index contributed by atoms with van der Waals surface area (Å²) in [5, 5.41) is 23.4. The summed E-state index contributed by atoms with van der Waals surface area (Å²) >= 11 is 5.66. The van der Waals surface area contributed by atoms with Gasteiger partial charge in [0.15, 0.2) is 5.82 Å². The predicted octanol–water partition coefficient (Wildman–Crippen LogP) is 34.6. The van der Waals surface area contributed by atoms with E-state index in [0.29, 0.717) is 5.82 Å². The normalized spacial score (nSPS) is 11.8. The number of pyridine rings is 4. The molecule has 18 aromatic carbocycles. The van der Waals surface area contributed by atoms with Crippen molar-refractivity contribution in [3.05, 3.63) is 468 Å². The fraction of sp³-hybridized carbons (Fsp3) is 0. The summed E-state index contributed by atoms with van der Waals surface area (Å²) in [6.45, 7) is 0. The minimum atomic E-state index is 0.710. The van der Waals surface area contributed by atoms with Crippen LogP contribution in [0.15, 0.2) is 468 Å². The fourth-order valence-corrected chi connectivity index (χ4v) is 24.8. The maximum absolute atomic E-state index is 5.10. The Bertz CT molecular complexity index is 9320. The van der Waals surface area contributed by atoms with Crippen molar-refractivity contribution in [1.29, 1.82) is 0 Å². The van der Waals surface area contributed by atoms with Crippen LogP contribution >= 0.6 is 34.0 Å². The largest absolute Gasteiger partial charge is 0.308 e. The second-order valence-corrected chi connectivity index (χ2v) is 38.2. The molecule has 0 N–H and O–H groups in total. The number of fused-ring (bicyclic) bond motifs is 30. The molecule has 11 aromatic heterocycles. The van der Waals surface area contributed by atoms with Crippen molar-refractivity contribution in [2.75, 3.05) is 0 Å². The zero-order valence-corrected chi connectivity index (χ0v) is 76.7. The van der Waals surface area contributed by atoms with Crippen LogP contribution in [0.3, 0.4) is 0 Å². The van der Waals surface area contributed by atoms with Crippen LogP contribution in [-0.2, 0) is 0 Å². The Morgan fingerprint density at radius 2 is 0.442 bits per heavy atom. The molecular weight excluding hydrogens is 1740 g/mol. The highest BCUT2D eigenvalue weighted by molar-refractivity contribution is 7.28. The smallest absolute Gasteiger partial charge is 0.160 e. The number of nitrogens with zero attached hydrogens (tertiary/aromatic N) is 9. The fourth-order valence-electron chi connectivity index (χ4n) is 21.0. The third-order valence-corrected chi connectivity index (χ3v) is 30.6. The third kappa shape index (κ3) is 13.4. The van der Waals surface area contributed by atoms with E-state index < -0.39 is 0 Å². The van der Waals surface area contributed by atoms with Gasteiger partial charge in [-0.25, -0.2) is 19.9 Å². The third-order valence-electron chi connectivity index (χ3n) is 27.1. The van der Waals surface area contributed by atoms with E-state index in [0.717, 1.165) is 101 Å². The van der Waals surface area contributed by atoms with E-state index in [1.165, 1.54) is 158 Å². The van der Waals surface area contributed by atoms with Crippen LogP contribution in [0.1, 0.15) is 0 Å². The molecule has 0 amide bonds. The summed E-state index contributed by atoms with van der Waals surface area (Å²) < 4.78 is 15.2. The zero-order chi connectivity index (χ0) is 90.8. The van der Waals surface area contributed by atoms with Gasteiger partial charge in [-0.15, -0.1) is 34.0 Å². The maximum Gasteiger partial charge on any atom is 0.160 e. The van der Waals surface area contributed by atoms with Crippen LogP contribution in [0.5, 0.6) is 0 Å². The van der Waals surface area contributed by atoms with Crippen molar-refractivity contribution in [2.45, 2.75) is 0 Å². The molecular formula is C126H77N9S3.